The number of furan rings is 1. The number of nitrogens with zero attached hydrogens (tertiary/aromatic N) is 2. The highest BCUT2D eigenvalue weighted by Gasteiger charge is 2.34. The Kier molecular flexibility index (Phi) is 4.35. The summed E-state index contributed by atoms with van der Waals surface area (Å²) in [5.41, 5.74) is 0. The summed E-state index contributed by atoms with van der Waals surface area (Å²) in [6.07, 6.45) is 3.14. The van der Waals surface area contributed by atoms with Crippen LogP contribution in [0.5, 0.6) is 0 Å². The van der Waals surface area contributed by atoms with Crippen LogP contribution in [0.1, 0.15) is 5.76 Å². The van der Waals surface area contributed by atoms with Crippen LogP contribution in [0.2, 0.25) is 0 Å². The topological polar surface area (TPSA) is 63.0 Å². The van der Waals surface area contributed by atoms with Crippen molar-refractivity contribution in [2.45, 2.75) is 0 Å². The zero-order valence-corrected chi connectivity index (χ0v) is 12.8. The SMILES string of the molecule is C=CCN1C(=O)SC(=Cc2ccc(N3CCOCC3)o2)C1=O. The molecule has 116 valence electrons. The summed E-state index contributed by atoms with van der Waals surface area (Å²) in [7, 11) is 0. The molecule has 1 aromatic heterocycles. The Morgan fingerprint density at radius 3 is 2.77 bits per heavy atom. The zero-order valence-electron chi connectivity index (χ0n) is 12.0. The van der Waals surface area contributed by atoms with Crippen LogP contribution in [0.15, 0.2) is 34.1 Å². The molecule has 2 aliphatic rings. The lowest BCUT2D eigenvalue weighted by atomic mass is 10.3. The van der Waals surface area contributed by atoms with Gasteiger partial charge in [0.15, 0.2) is 5.88 Å². The molecular weight excluding hydrogens is 304 g/mol. The van der Waals surface area contributed by atoms with E-state index in [0.717, 1.165) is 35.6 Å². The fraction of sp³-hybridized carbons (Fsp3) is 0.333. The van der Waals surface area contributed by atoms with E-state index in [1.165, 1.54) is 6.08 Å². The number of anilines is 1. The predicted octanol–water partition coefficient (Wildman–Crippen LogP) is 2.34. The first-order chi connectivity index (χ1) is 10.7. The number of hydrogen-bond donors (Lipinski definition) is 0. The standard InChI is InChI=1S/C15H16N2O4S/c1-2-5-17-14(18)12(22-15(17)19)10-11-3-4-13(21-11)16-6-8-20-9-7-16/h2-4,10H,1,5-9H2. The highest BCUT2D eigenvalue weighted by atomic mass is 32.2. The molecule has 0 aliphatic carbocycles. The number of hydrogen-bond acceptors (Lipinski definition) is 6. The zero-order chi connectivity index (χ0) is 15.5. The number of amides is 2. The van der Waals surface area contributed by atoms with Gasteiger partial charge in [-0.1, -0.05) is 6.08 Å². The first-order valence-corrected chi connectivity index (χ1v) is 7.79. The van der Waals surface area contributed by atoms with Gasteiger partial charge in [0.05, 0.1) is 18.1 Å². The quantitative estimate of drug-likeness (QED) is 0.627. The second-order valence-electron chi connectivity index (χ2n) is 4.86. The van der Waals surface area contributed by atoms with Gasteiger partial charge in [-0.05, 0) is 17.8 Å². The van der Waals surface area contributed by atoms with Crippen LogP contribution in [0, 0.1) is 0 Å². The Hall–Kier alpha value is -1.99. The minimum absolute atomic E-state index is 0.221. The highest BCUT2D eigenvalue weighted by Crippen LogP contribution is 2.33. The fourth-order valence-corrected chi connectivity index (χ4v) is 3.12. The van der Waals surface area contributed by atoms with Crippen LogP contribution in [-0.2, 0) is 9.53 Å². The molecule has 0 unspecified atom stereocenters. The van der Waals surface area contributed by atoms with E-state index in [1.807, 2.05) is 6.07 Å². The van der Waals surface area contributed by atoms with E-state index in [2.05, 4.69) is 11.5 Å². The van der Waals surface area contributed by atoms with Gasteiger partial charge in [0.2, 0.25) is 0 Å². The lowest BCUT2D eigenvalue weighted by Crippen LogP contribution is -2.35. The molecule has 2 aliphatic heterocycles. The van der Waals surface area contributed by atoms with Gasteiger partial charge in [-0.15, -0.1) is 6.58 Å². The first kappa shape index (κ1) is 14.9. The van der Waals surface area contributed by atoms with Crippen molar-refractivity contribution in [2.24, 2.45) is 0 Å². The number of carbonyl (C=O) groups is 2. The van der Waals surface area contributed by atoms with Gasteiger partial charge in [0.1, 0.15) is 5.76 Å². The molecule has 0 spiro atoms. The molecule has 3 heterocycles. The summed E-state index contributed by atoms with van der Waals surface area (Å²) < 4.78 is 11.0. The third-order valence-corrected chi connectivity index (χ3v) is 4.30. The minimum Gasteiger partial charge on any atom is -0.441 e. The predicted molar refractivity (Wildman–Crippen MR) is 84.6 cm³/mol. The maximum absolute atomic E-state index is 12.1. The average molecular weight is 320 g/mol. The monoisotopic (exact) mass is 320 g/mol. The Bertz CT molecular complexity index is 631. The van der Waals surface area contributed by atoms with E-state index in [-0.39, 0.29) is 17.7 Å². The van der Waals surface area contributed by atoms with Crippen molar-refractivity contribution in [3.05, 3.63) is 35.5 Å². The smallest absolute Gasteiger partial charge is 0.293 e. The fourth-order valence-electron chi connectivity index (χ4n) is 2.29. The summed E-state index contributed by atoms with van der Waals surface area (Å²) in [4.78, 5) is 27.5. The normalized spacial score (nSPS) is 21.0. The van der Waals surface area contributed by atoms with E-state index < -0.39 is 0 Å². The number of morpholine rings is 1. The highest BCUT2D eigenvalue weighted by molar-refractivity contribution is 8.18. The minimum atomic E-state index is -0.306. The largest absolute Gasteiger partial charge is 0.441 e. The number of rotatable bonds is 4. The van der Waals surface area contributed by atoms with Crippen molar-refractivity contribution in [1.82, 2.24) is 4.90 Å². The van der Waals surface area contributed by atoms with E-state index in [4.69, 9.17) is 9.15 Å². The van der Waals surface area contributed by atoms with E-state index >= 15 is 0 Å². The van der Waals surface area contributed by atoms with Crippen LogP contribution in [0.25, 0.3) is 6.08 Å². The lowest BCUT2D eigenvalue weighted by molar-refractivity contribution is -0.122. The van der Waals surface area contributed by atoms with Crippen LogP contribution < -0.4 is 4.90 Å². The van der Waals surface area contributed by atoms with Gasteiger partial charge < -0.3 is 14.1 Å². The Balaban J connectivity index is 1.75. The van der Waals surface area contributed by atoms with Gasteiger partial charge in [-0.3, -0.25) is 14.5 Å². The van der Waals surface area contributed by atoms with Gasteiger partial charge in [0, 0.05) is 31.8 Å². The molecule has 3 rings (SSSR count). The molecule has 0 atom stereocenters. The van der Waals surface area contributed by atoms with Crippen LogP contribution in [0.4, 0.5) is 10.7 Å². The van der Waals surface area contributed by atoms with Gasteiger partial charge in [-0.25, -0.2) is 0 Å². The molecule has 2 amide bonds. The molecule has 0 radical (unpaired) electrons. The Morgan fingerprint density at radius 1 is 1.27 bits per heavy atom. The first-order valence-electron chi connectivity index (χ1n) is 6.98. The number of imide groups is 1. The van der Waals surface area contributed by atoms with Crippen molar-refractivity contribution in [3.63, 3.8) is 0 Å². The molecule has 7 heteroatoms. The summed E-state index contributed by atoms with van der Waals surface area (Å²) in [5, 5.41) is -0.281. The van der Waals surface area contributed by atoms with Gasteiger partial charge >= 0.3 is 0 Å². The van der Waals surface area contributed by atoms with Crippen LogP contribution >= 0.6 is 11.8 Å². The molecule has 2 saturated heterocycles. The molecule has 6 nitrogen and oxygen atoms in total. The molecule has 22 heavy (non-hydrogen) atoms. The third kappa shape index (κ3) is 2.95. The third-order valence-electron chi connectivity index (χ3n) is 3.39. The molecule has 2 fully saturated rings. The van der Waals surface area contributed by atoms with E-state index in [0.29, 0.717) is 23.9 Å². The maximum Gasteiger partial charge on any atom is 0.293 e. The van der Waals surface area contributed by atoms with Crippen molar-refractivity contribution in [2.75, 3.05) is 37.7 Å². The van der Waals surface area contributed by atoms with Crippen molar-refractivity contribution in [3.8, 4) is 0 Å². The summed E-state index contributed by atoms with van der Waals surface area (Å²) in [6.45, 7) is 6.68. The molecule has 0 aromatic carbocycles. The van der Waals surface area contributed by atoms with E-state index in [1.54, 1.807) is 12.1 Å². The van der Waals surface area contributed by atoms with Crippen molar-refractivity contribution in [1.29, 1.82) is 0 Å². The second kappa shape index (κ2) is 6.41. The average Bonchev–Trinajstić information content (AvgIpc) is 3.09. The second-order valence-corrected chi connectivity index (χ2v) is 5.85. The van der Waals surface area contributed by atoms with Crippen LogP contribution in [0.3, 0.4) is 0 Å². The lowest BCUT2D eigenvalue weighted by Gasteiger charge is -2.26. The Labute approximate surface area is 132 Å². The molecular formula is C15H16N2O4S. The summed E-state index contributed by atoms with van der Waals surface area (Å²) >= 11 is 0.919. The number of thioether (sulfide) groups is 1. The molecule has 1 aromatic rings. The molecule has 0 N–H and O–H groups in total. The van der Waals surface area contributed by atoms with Crippen LogP contribution in [-0.4, -0.2) is 48.9 Å². The maximum atomic E-state index is 12.1. The van der Waals surface area contributed by atoms with E-state index in [9.17, 15) is 9.59 Å². The van der Waals surface area contributed by atoms with Crippen molar-refractivity contribution < 1.29 is 18.7 Å². The molecule has 0 saturated carbocycles. The number of ether oxygens (including phenoxy) is 1. The number of carbonyl (C=O) groups excluding carboxylic acids is 2. The van der Waals surface area contributed by atoms with Gasteiger partial charge in [-0.2, -0.15) is 0 Å². The van der Waals surface area contributed by atoms with Crippen molar-refractivity contribution >= 4 is 34.9 Å². The molecule has 0 bridgehead atoms. The van der Waals surface area contributed by atoms with Gasteiger partial charge in [0.25, 0.3) is 11.1 Å². The summed E-state index contributed by atoms with van der Waals surface area (Å²) in [6, 6.07) is 3.66. The summed E-state index contributed by atoms with van der Waals surface area (Å²) in [5.74, 6) is 1.00. The Morgan fingerprint density at radius 2 is 2.05 bits per heavy atom.